The first-order valence-corrected chi connectivity index (χ1v) is 11.0. The zero-order valence-corrected chi connectivity index (χ0v) is 18.1. The van der Waals surface area contributed by atoms with Gasteiger partial charge in [-0.2, -0.15) is 0 Å². The Kier molecular flexibility index (Phi) is 4.77. The standard InChI is InChI=1S/C25H28N2O4/c1-15(28)26-17-10-8-16(9-11-17)24(29)27-13-12-22-20(27)14-19-23(30-22)18-6-4-5-7-21(18)31-25(19,2)3/h4-11,19-20,22-23H,12-14H2,1-3H3,(H,26,28)/t19-,20-,22-,23+/m1/s1. The Morgan fingerprint density at radius 1 is 1.10 bits per heavy atom. The molecule has 2 aromatic carbocycles. The molecular formula is C25H28N2O4. The maximum Gasteiger partial charge on any atom is 0.254 e. The van der Waals surface area contributed by atoms with Crippen molar-refractivity contribution in [3.05, 3.63) is 59.7 Å². The molecule has 31 heavy (non-hydrogen) atoms. The van der Waals surface area contributed by atoms with Crippen molar-refractivity contribution in [2.24, 2.45) is 5.92 Å². The molecule has 3 aliphatic rings. The highest BCUT2D eigenvalue weighted by Crippen LogP contribution is 2.52. The van der Waals surface area contributed by atoms with E-state index in [9.17, 15) is 9.59 Å². The third-order valence-corrected chi connectivity index (χ3v) is 6.87. The van der Waals surface area contributed by atoms with Crippen LogP contribution in [0.2, 0.25) is 0 Å². The number of likely N-dealkylation sites (tertiary alicyclic amines) is 1. The van der Waals surface area contributed by atoms with Gasteiger partial charge in [-0.1, -0.05) is 18.2 Å². The summed E-state index contributed by atoms with van der Waals surface area (Å²) in [6.45, 7) is 6.39. The molecule has 6 nitrogen and oxygen atoms in total. The molecule has 0 aromatic heterocycles. The van der Waals surface area contributed by atoms with Gasteiger partial charge in [-0.3, -0.25) is 9.59 Å². The lowest BCUT2D eigenvalue weighted by molar-refractivity contribution is -0.159. The predicted molar refractivity (Wildman–Crippen MR) is 117 cm³/mol. The van der Waals surface area contributed by atoms with E-state index in [1.54, 1.807) is 24.3 Å². The second-order valence-electron chi connectivity index (χ2n) is 9.29. The van der Waals surface area contributed by atoms with Gasteiger partial charge in [0.15, 0.2) is 0 Å². The number of hydrogen-bond donors (Lipinski definition) is 1. The third-order valence-electron chi connectivity index (χ3n) is 6.87. The van der Waals surface area contributed by atoms with Crippen LogP contribution in [0.1, 0.15) is 55.6 Å². The minimum absolute atomic E-state index is 0.00630. The summed E-state index contributed by atoms with van der Waals surface area (Å²) in [7, 11) is 0. The number of para-hydroxylation sites is 1. The van der Waals surface area contributed by atoms with E-state index in [1.807, 2.05) is 23.1 Å². The predicted octanol–water partition coefficient (Wildman–Crippen LogP) is 4.18. The molecule has 0 unspecified atom stereocenters. The maximum absolute atomic E-state index is 13.3. The van der Waals surface area contributed by atoms with Gasteiger partial charge in [0.25, 0.3) is 5.91 Å². The summed E-state index contributed by atoms with van der Waals surface area (Å²) in [5, 5.41) is 2.74. The Labute approximate surface area is 182 Å². The fourth-order valence-electron chi connectivity index (χ4n) is 5.35. The molecule has 6 heteroatoms. The number of fused-ring (bicyclic) bond motifs is 4. The number of nitrogens with zero attached hydrogens (tertiary/aromatic N) is 1. The lowest BCUT2D eigenvalue weighted by Crippen LogP contribution is -2.54. The summed E-state index contributed by atoms with van der Waals surface area (Å²) >= 11 is 0. The first-order chi connectivity index (χ1) is 14.8. The average Bonchev–Trinajstić information content (AvgIpc) is 3.15. The molecule has 2 saturated heterocycles. The number of rotatable bonds is 2. The van der Waals surface area contributed by atoms with Crippen molar-refractivity contribution in [1.82, 2.24) is 4.90 Å². The number of ether oxygens (including phenoxy) is 2. The minimum Gasteiger partial charge on any atom is -0.487 e. The molecule has 0 radical (unpaired) electrons. The lowest BCUT2D eigenvalue weighted by atomic mass is 9.74. The van der Waals surface area contributed by atoms with E-state index < -0.39 is 0 Å². The van der Waals surface area contributed by atoms with E-state index in [2.05, 4.69) is 25.2 Å². The number of carbonyl (C=O) groups is 2. The Morgan fingerprint density at radius 2 is 1.84 bits per heavy atom. The van der Waals surface area contributed by atoms with E-state index in [4.69, 9.17) is 9.47 Å². The van der Waals surface area contributed by atoms with Crippen LogP contribution in [0.5, 0.6) is 5.75 Å². The molecule has 0 aliphatic carbocycles. The SMILES string of the molecule is CC(=O)Nc1ccc(C(=O)N2CC[C@H]3O[C@H]4c5ccccc5OC(C)(C)[C@@H]4C[C@H]32)cc1. The number of benzene rings is 2. The van der Waals surface area contributed by atoms with Crippen LogP contribution in [0.3, 0.4) is 0 Å². The topological polar surface area (TPSA) is 67.9 Å². The van der Waals surface area contributed by atoms with Crippen molar-refractivity contribution in [2.75, 3.05) is 11.9 Å². The number of carbonyl (C=O) groups excluding carboxylic acids is 2. The van der Waals surface area contributed by atoms with Gasteiger partial charge < -0.3 is 19.7 Å². The molecule has 2 amide bonds. The monoisotopic (exact) mass is 420 g/mol. The summed E-state index contributed by atoms with van der Waals surface area (Å²) in [6.07, 6.45) is 1.72. The van der Waals surface area contributed by atoms with Gasteiger partial charge in [-0.05, 0) is 57.0 Å². The van der Waals surface area contributed by atoms with Gasteiger partial charge in [0, 0.05) is 36.2 Å². The number of nitrogens with one attached hydrogen (secondary N) is 1. The minimum atomic E-state index is -0.374. The highest BCUT2D eigenvalue weighted by Gasteiger charge is 2.53. The molecule has 2 aromatic rings. The zero-order valence-electron chi connectivity index (χ0n) is 18.1. The van der Waals surface area contributed by atoms with Crippen molar-refractivity contribution in [3.8, 4) is 5.75 Å². The van der Waals surface area contributed by atoms with Gasteiger partial charge in [0.1, 0.15) is 11.4 Å². The fraction of sp³-hybridized carbons (Fsp3) is 0.440. The Morgan fingerprint density at radius 3 is 2.58 bits per heavy atom. The molecule has 0 bridgehead atoms. The fourth-order valence-corrected chi connectivity index (χ4v) is 5.35. The van der Waals surface area contributed by atoms with Crippen molar-refractivity contribution in [2.45, 2.75) is 57.5 Å². The highest BCUT2D eigenvalue weighted by molar-refractivity contribution is 5.96. The van der Waals surface area contributed by atoms with Crippen molar-refractivity contribution in [3.63, 3.8) is 0 Å². The first-order valence-electron chi connectivity index (χ1n) is 11.0. The average molecular weight is 421 g/mol. The maximum atomic E-state index is 13.3. The Balaban J connectivity index is 1.38. The van der Waals surface area contributed by atoms with E-state index in [1.165, 1.54) is 6.92 Å². The van der Waals surface area contributed by atoms with Crippen LogP contribution in [0.15, 0.2) is 48.5 Å². The quantitative estimate of drug-likeness (QED) is 0.792. The third kappa shape index (κ3) is 3.49. The van der Waals surface area contributed by atoms with E-state index in [0.717, 1.165) is 24.2 Å². The van der Waals surface area contributed by atoms with Crippen LogP contribution in [0.25, 0.3) is 0 Å². The van der Waals surface area contributed by atoms with Crippen LogP contribution in [0.4, 0.5) is 5.69 Å². The van der Waals surface area contributed by atoms with Gasteiger partial charge in [0.2, 0.25) is 5.91 Å². The van der Waals surface area contributed by atoms with E-state index >= 15 is 0 Å². The normalized spacial score (nSPS) is 28.0. The molecule has 162 valence electrons. The number of hydrogen-bond acceptors (Lipinski definition) is 4. The van der Waals surface area contributed by atoms with E-state index in [-0.39, 0.29) is 41.6 Å². The highest BCUT2D eigenvalue weighted by atomic mass is 16.5. The first kappa shape index (κ1) is 20.1. The molecule has 0 spiro atoms. The second-order valence-corrected chi connectivity index (χ2v) is 9.29. The van der Waals surface area contributed by atoms with Gasteiger partial charge in [0.05, 0.1) is 18.2 Å². The van der Waals surface area contributed by atoms with Crippen LogP contribution in [-0.4, -0.2) is 41.0 Å². The van der Waals surface area contributed by atoms with Crippen molar-refractivity contribution in [1.29, 1.82) is 0 Å². The largest absolute Gasteiger partial charge is 0.487 e. The number of amides is 2. The van der Waals surface area contributed by atoms with Crippen LogP contribution in [-0.2, 0) is 9.53 Å². The summed E-state index contributed by atoms with van der Waals surface area (Å²) < 4.78 is 13.0. The molecule has 4 atom stereocenters. The molecule has 0 saturated carbocycles. The molecule has 5 rings (SSSR count). The summed E-state index contributed by atoms with van der Waals surface area (Å²) in [5.41, 5.74) is 2.05. The Bertz CT molecular complexity index is 1020. The lowest BCUT2D eigenvalue weighted by Gasteiger charge is -2.50. The van der Waals surface area contributed by atoms with Crippen LogP contribution < -0.4 is 10.1 Å². The zero-order chi connectivity index (χ0) is 21.8. The Hall–Kier alpha value is -2.86. The van der Waals surface area contributed by atoms with Crippen LogP contribution >= 0.6 is 0 Å². The second kappa shape index (κ2) is 7.38. The molecular weight excluding hydrogens is 392 g/mol. The molecule has 1 N–H and O–H groups in total. The molecule has 2 fully saturated rings. The van der Waals surface area contributed by atoms with Gasteiger partial charge in [-0.25, -0.2) is 0 Å². The van der Waals surface area contributed by atoms with Crippen LogP contribution in [0, 0.1) is 5.92 Å². The molecule has 3 aliphatic heterocycles. The summed E-state index contributed by atoms with van der Waals surface area (Å²) in [6, 6.07) is 15.3. The van der Waals surface area contributed by atoms with Gasteiger partial charge >= 0.3 is 0 Å². The molecule has 3 heterocycles. The van der Waals surface area contributed by atoms with Gasteiger partial charge in [-0.15, -0.1) is 0 Å². The van der Waals surface area contributed by atoms with Crippen molar-refractivity contribution >= 4 is 17.5 Å². The summed E-state index contributed by atoms with van der Waals surface area (Å²) in [5.74, 6) is 0.949. The summed E-state index contributed by atoms with van der Waals surface area (Å²) in [4.78, 5) is 26.5. The van der Waals surface area contributed by atoms with Crippen molar-refractivity contribution < 1.29 is 19.1 Å². The smallest absolute Gasteiger partial charge is 0.254 e. The van der Waals surface area contributed by atoms with E-state index in [0.29, 0.717) is 17.8 Å². The number of anilines is 1.